The molecule has 0 spiro atoms. The van der Waals surface area contributed by atoms with E-state index >= 15 is 0 Å². The maximum atomic E-state index is 12.9. The van der Waals surface area contributed by atoms with Crippen LogP contribution in [0.4, 0.5) is 0 Å². The van der Waals surface area contributed by atoms with E-state index in [4.69, 9.17) is 12.2 Å². The second kappa shape index (κ2) is 7.13. The van der Waals surface area contributed by atoms with Gasteiger partial charge in [-0.1, -0.05) is 49.6 Å². The van der Waals surface area contributed by atoms with E-state index in [1.165, 1.54) is 19.3 Å². The molecule has 1 saturated carbocycles. The van der Waals surface area contributed by atoms with E-state index < -0.39 is 0 Å². The molecule has 0 radical (unpaired) electrons. The number of amides is 1. The normalized spacial score (nSPS) is 22.3. The minimum Gasteiger partial charge on any atom is -0.351 e. The molecular weight excluding hydrogens is 306 g/mol. The quantitative estimate of drug-likeness (QED) is 0.747. The van der Waals surface area contributed by atoms with Crippen LogP contribution in [0.25, 0.3) is 0 Å². The van der Waals surface area contributed by atoms with E-state index in [1.807, 2.05) is 37.3 Å². The van der Waals surface area contributed by atoms with Crippen LogP contribution in [0.15, 0.2) is 41.6 Å². The third-order valence-electron chi connectivity index (χ3n) is 4.59. The Bertz CT molecular complexity index is 620. The third kappa shape index (κ3) is 3.72. The largest absolute Gasteiger partial charge is 0.351 e. The third-order valence-corrected chi connectivity index (χ3v) is 4.81. The van der Waals surface area contributed by atoms with Crippen LogP contribution in [0.2, 0.25) is 0 Å². The fraction of sp³-hybridized carbons (Fsp3) is 0.444. The lowest BCUT2D eigenvalue weighted by Gasteiger charge is -2.32. The van der Waals surface area contributed by atoms with Gasteiger partial charge in [0.2, 0.25) is 0 Å². The number of hydrogen-bond donors (Lipinski definition) is 3. The molecule has 1 aliphatic carbocycles. The lowest BCUT2D eigenvalue weighted by molar-refractivity contribution is -0.118. The Morgan fingerprint density at radius 2 is 1.87 bits per heavy atom. The zero-order valence-electron chi connectivity index (χ0n) is 13.4. The summed E-state index contributed by atoms with van der Waals surface area (Å²) in [5.74, 6) is 0.00533. The highest BCUT2D eigenvalue weighted by Gasteiger charge is 2.30. The van der Waals surface area contributed by atoms with Crippen LogP contribution in [-0.2, 0) is 4.79 Å². The van der Waals surface area contributed by atoms with E-state index in [-0.39, 0.29) is 11.9 Å². The molecule has 1 aromatic rings. The van der Waals surface area contributed by atoms with Crippen LogP contribution in [0.5, 0.6) is 0 Å². The molecule has 1 aliphatic heterocycles. The summed E-state index contributed by atoms with van der Waals surface area (Å²) in [5.41, 5.74) is 2.61. The highest BCUT2D eigenvalue weighted by Crippen LogP contribution is 2.27. The van der Waals surface area contributed by atoms with Crippen LogP contribution >= 0.6 is 12.2 Å². The van der Waals surface area contributed by atoms with E-state index in [2.05, 4.69) is 16.0 Å². The first-order valence-corrected chi connectivity index (χ1v) is 8.70. The summed E-state index contributed by atoms with van der Waals surface area (Å²) < 4.78 is 0. The SMILES string of the molecule is CC1=C(C(=O)NC2CCCCC2)C(c2ccccc2)NC(=S)N1. The monoisotopic (exact) mass is 329 g/mol. The van der Waals surface area contributed by atoms with Crippen molar-refractivity contribution in [1.82, 2.24) is 16.0 Å². The second-order valence-corrected chi connectivity index (χ2v) is 6.70. The van der Waals surface area contributed by atoms with Gasteiger partial charge in [-0.3, -0.25) is 4.79 Å². The topological polar surface area (TPSA) is 53.2 Å². The summed E-state index contributed by atoms with van der Waals surface area (Å²) in [6.07, 6.45) is 5.83. The van der Waals surface area contributed by atoms with Gasteiger partial charge in [-0.05, 0) is 37.5 Å². The molecule has 1 atom stereocenters. The minimum absolute atomic E-state index is 0.00533. The van der Waals surface area contributed by atoms with Gasteiger partial charge in [0.05, 0.1) is 11.6 Å². The number of hydrogen-bond acceptors (Lipinski definition) is 2. The first kappa shape index (κ1) is 16.0. The summed E-state index contributed by atoms with van der Waals surface area (Å²) in [4.78, 5) is 12.9. The van der Waals surface area contributed by atoms with E-state index in [9.17, 15) is 4.79 Å². The molecule has 5 heteroatoms. The number of nitrogens with one attached hydrogen (secondary N) is 3. The van der Waals surface area contributed by atoms with Crippen LogP contribution < -0.4 is 16.0 Å². The zero-order chi connectivity index (χ0) is 16.2. The van der Waals surface area contributed by atoms with Crippen molar-refractivity contribution in [2.24, 2.45) is 0 Å². The summed E-state index contributed by atoms with van der Waals surface area (Å²) in [5, 5.41) is 10.1. The average molecular weight is 329 g/mol. The van der Waals surface area contributed by atoms with Crippen LogP contribution in [0, 0.1) is 0 Å². The summed E-state index contributed by atoms with van der Waals surface area (Å²) in [6, 6.07) is 10.1. The van der Waals surface area contributed by atoms with Gasteiger partial charge in [0.15, 0.2) is 5.11 Å². The smallest absolute Gasteiger partial charge is 0.251 e. The molecule has 4 nitrogen and oxygen atoms in total. The summed E-state index contributed by atoms with van der Waals surface area (Å²) in [6.45, 7) is 1.92. The average Bonchev–Trinajstić information content (AvgIpc) is 2.55. The molecule has 1 aromatic carbocycles. The Balaban J connectivity index is 1.84. The highest BCUT2D eigenvalue weighted by atomic mass is 32.1. The van der Waals surface area contributed by atoms with E-state index in [1.54, 1.807) is 0 Å². The van der Waals surface area contributed by atoms with Crippen LogP contribution in [0.1, 0.15) is 50.6 Å². The van der Waals surface area contributed by atoms with Gasteiger partial charge >= 0.3 is 0 Å². The van der Waals surface area contributed by atoms with Crippen molar-refractivity contribution in [3.05, 3.63) is 47.2 Å². The Morgan fingerprint density at radius 3 is 2.57 bits per heavy atom. The van der Waals surface area contributed by atoms with Crippen molar-refractivity contribution in [2.45, 2.75) is 51.1 Å². The molecule has 0 aromatic heterocycles. The van der Waals surface area contributed by atoms with Gasteiger partial charge in [-0.15, -0.1) is 0 Å². The van der Waals surface area contributed by atoms with Crippen molar-refractivity contribution < 1.29 is 4.79 Å². The van der Waals surface area contributed by atoms with Crippen molar-refractivity contribution in [2.75, 3.05) is 0 Å². The molecule has 1 heterocycles. The van der Waals surface area contributed by atoms with Crippen molar-refractivity contribution >= 4 is 23.2 Å². The lowest BCUT2D eigenvalue weighted by atomic mass is 9.92. The molecule has 3 N–H and O–H groups in total. The predicted molar refractivity (Wildman–Crippen MR) is 95.8 cm³/mol. The maximum Gasteiger partial charge on any atom is 0.251 e. The van der Waals surface area contributed by atoms with E-state index in [0.29, 0.717) is 11.2 Å². The van der Waals surface area contributed by atoms with Gasteiger partial charge < -0.3 is 16.0 Å². The van der Waals surface area contributed by atoms with Gasteiger partial charge in [0.25, 0.3) is 5.91 Å². The van der Waals surface area contributed by atoms with Gasteiger partial charge in [0, 0.05) is 11.7 Å². The van der Waals surface area contributed by atoms with Crippen molar-refractivity contribution in [3.8, 4) is 0 Å². The Hall–Kier alpha value is -1.88. The first-order chi connectivity index (χ1) is 11.1. The molecule has 1 fully saturated rings. The lowest BCUT2D eigenvalue weighted by Crippen LogP contribution is -2.48. The van der Waals surface area contributed by atoms with Gasteiger partial charge in [0.1, 0.15) is 0 Å². The number of allylic oxidation sites excluding steroid dienone is 1. The first-order valence-electron chi connectivity index (χ1n) is 8.29. The fourth-order valence-corrected chi connectivity index (χ4v) is 3.67. The molecule has 1 unspecified atom stereocenters. The molecule has 0 bridgehead atoms. The number of benzene rings is 1. The summed E-state index contributed by atoms with van der Waals surface area (Å²) in [7, 11) is 0. The van der Waals surface area contributed by atoms with E-state index in [0.717, 1.165) is 29.7 Å². The molecule has 0 saturated heterocycles. The van der Waals surface area contributed by atoms with Gasteiger partial charge in [-0.2, -0.15) is 0 Å². The highest BCUT2D eigenvalue weighted by molar-refractivity contribution is 7.80. The Kier molecular flexibility index (Phi) is 4.96. The minimum atomic E-state index is -0.200. The molecule has 122 valence electrons. The number of rotatable bonds is 3. The number of carbonyl (C=O) groups is 1. The number of carbonyl (C=O) groups excluding carboxylic acids is 1. The fourth-order valence-electron chi connectivity index (χ4n) is 3.40. The predicted octanol–water partition coefficient (Wildman–Crippen LogP) is 2.93. The second-order valence-electron chi connectivity index (χ2n) is 6.29. The Labute approximate surface area is 142 Å². The maximum absolute atomic E-state index is 12.9. The molecule has 3 rings (SSSR count). The Morgan fingerprint density at radius 1 is 1.17 bits per heavy atom. The number of thiocarbonyl (C=S) groups is 1. The standard InChI is InChI=1S/C18H23N3OS/c1-12-15(17(22)20-14-10-6-3-7-11-14)16(21-18(23)19-12)13-8-4-2-5-9-13/h2,4-5,8-9,14,16H,3,6-7,10-11H2,1H3,(H,20,22)(H2,19,21,23). The molecular formula is C18H23N3OS. The summed E-state index contributed by atoms with van der Waals surface area (Å²) >= 11 is 5.27. The molecule has 2 aliphatic rings. The molecule has 1 amide bonds. The van der Waals surface area contributed by atoms with Crippen LogP contribution in [-0.4, -0.2) is 17.1 Å². The molecule has 23 heavy (non-hydrogen) atoms. The van der Waals surface area contributed by atoms with Crippen molar-refractivity contribution in [1.29, 1.82) is 0 Å². The zero-order valence-corrected chi connectivity index (χ0v) is 14.2. The van der Waals surface area contributed by atoms with Crippen LogP contribution in [0.3, 0.4) is 0 Å². The van der Waals surface area contributed by atoms with Crippen molar-refractivity contribution in [3.63, 3.8) is 0 Å². The van der Waals surface area contributed by atoms with Gasteiger partial charge in [-0.25, -0.2) is 0 Å².